The molecule has 25 nitrogen and oxygen atoms in total. The first kappa shape index (κ1) is 60.9. The van der Waals surface area contributed by atoms with Crippen LogP contribution in [0.4, 0.5) is 0 Å². The standard InChI is InChI=1S/C52H70N14O11/c1-29(67)62-39(13-7-21-60-52(57)58)48(75)64-40-19-18-35(68)9-2-4-12-38(46(54)73)63-47(74)33(23-34-28-61-37-11-5-3-10-36(34)37)25-43(69)32(8-6-20-59-51(55)56)24-44(70)41(22-30-14-16-31(27-53)17-15-30)65-50(77)42(26-45(71)72)66-49(40)76/h3,5,10-11,14-17,28,32-33,38-42,61H,2,4,6-9,12-13,18-26H2,1H3,(H2,54,73)(H,62,67)(H,63,74)(H,64,75)(H,65,77)(H,66,76)(H,71,72)(H4,55,56,59)(H4,57,58,60)/t32-,33-,38+,39+,40+,41-,42+/m1/s1. The molecule has 1 aliphatic rings. The third-order valence-electron chi connectivity index (χ3n) is 12.9. The zero-order valence-electron chi connectivity index (χ0n) is 43.0. The average molecular weight is 1070 g/mol. The van der Waals surface area contributed by atoms with E-state index in [0.717, 1.165) is 17.8 Å². The normalized spacial score (nSPS) is 21.0. The number of nitrogens with one attached hydrogen (secondary N) is 6. The van der Waals surface area contributed by atoms with Gasteiger partial charge in [0.2, 0.25) is 35.4 Å². The number of Topliss-reactive ketones (excluding diaryl/α,β-unsaturated/α-hetero) is 3. The number of carboxylic acid groups (broad SMARTS) is 1. The topological polar surface area (TPSA) is 445 Å². The maximum Gasteiger partial charge on any atom is 0.305 e. The number of nitrogens with zero attached hydrogens (tertiary/aromatic N) is 3. The zero-order chi connectivity index (χ0) is 56.6. The number of aromatic nitrogens is 1. The Morgan fingerprint density at radius 3 is 2.08 bits per heavy atom. The SMILES string of the molecule is CC(=O)N[C@@H](CCCN=C(N)N)C(=O)N[C@H]1CCC(=O)CCCC[C@@H](C(N)=O)NC(=O)[C@H](Cc2c[nH]c3ccccc23)CC(=O)[C@H](CCCN=C(N)N)CC(=O)[C@@H](Cc2ccc(C#N)cc2)NC(=O)[C@H](CC(=O)O)NC1=O. The number of aliphatic imine (C=N–C) groups is 2. The number of carboxylic acids is 1. The fourth-order valence-corrected chi connectivity index (χ4v) is 8.90. The number of primary amides is 1. The molecule has 0 saturated carbocycles. The molecule has 2 heterocycles. The van der Waals surface area contributed by atoms with Crippen LogP contribution < -0.4 is 55.3 Å². The van der Waals surface area contributed by atoms with Crippen molar-refractivity contribution in [3.05, 3.63) is 71.4 Å². The van der Waals surface area contributed by atoms with Crippen LogP contribution in [0.15, 0.2) is 64.7 Å². The predicted octanol–water partition coefficient (Wildman–Crippen LogP) is -0.590. The van der Waals surface area contributed by atoms with E-state index in [4.69, 9.17) is 28.7 Å². The van der Waals surface area contributed by atoms with E-state index in [1.165, 1.54) is 24.3 Å². The van der Waals surface area contributed by atoms with Crippen molar-refractivity contribution in [2.24, 2.45) is 50.5 Å². The van der Waals surface area contributed by atoms with Gasteiger partial charge in [0, 0.05) is 74.6 Å². The molecule has 25 heteroatoms. The molecule has 1 saturated heterocycles. The van der Waals surface area contributed by atoms with E-state index in [0.29, 0.717) is 11.1 Å². The second-order valence-corrected chi connectivity index (χ2v) is 19.0. The summed E-state index contributed by atoms with van der Waals surface area (Å²) in [6.07, 6.45) is -0.445. The quantitative estimate of drug-likeness (QED) is 0.0430. The molecule has 4 rings (SSSR count). The van der Waals surface area contributed by atoms with Crippen LogP contribution in [0.1, 0.15) is 107 Å². The number of rotatable bonds is 18. The highest BCUT2D eigenvalue weighted by Crippen LogP contribution is 2.26. The van der Waals surface area contributed by atoms with Crippen molar-refractivity contribution in [2.45, 2.75) is 133 Å². The minimum absolute atomic E-state index is 0.00541. The van der Waals surface area contributed by atoms with Crippen LogP contribution in [0, 0.1) is 23.2 Å². The molecular formula is C52H70N14O11. The Labute approximate surface area is 444 Å². The highest BCUT2D eigenvalue weighted by atomic mass is 16.4. The molecule has 414 valence electrons. The number of aromatic amines is 1. The molecular weight excluding hydrogens is 997 g/mol. The molecule has 0 spiro atoms. The number of nitrogens with two attached hydrogens (primary N) is 5. The number of amides is 6. The van der Waals surface area contributed by atoms with Crippen LogP contribution in [0.2, 0.25) is 0 Å². The number of guanidine groups is 2. The van der Waals surface area contributed by atoms with Crippen LogP contribution in [-0.2, 0) is 60.8 Å². The number of nitriles is 1. The Kier molecular flexibility index (Phi) is 24.2. The van der Waals surface area contributed by atoms with Crippen LogP contribution in [0.5, 0.6) is 0 Å². The summed E-state index contributed by atoms with van der Waals surface area (Å²) < 4.78 is 0. The number of aliphatic carboxylic acids is 1. The number of hydrogen-bond donors (Lipinski definition) is 12. The average Bonchev–Trinajstić information content (AvgIpc) is 3.79. The van der Waals surface area contributed by atoms with Crippen LogP contribution in [0.25, 0.3) is 10.9 Å². The Morgan fingerprint density at radius 1 is 0.766 bits per heavy atom. The third-order valence-corrected chi connectivity index (χ3v) is 12.9. The summed E-state index contributed by atoms with van der Waals surface area (Å²) in [5.74, 6) is -11.1. The number of carbonyl (C=O) groups excluding carboxylic acids is 9. The zero-order valence-corrected chi connectivity index (χ0v) is 43.0. The monoisotopic (exact) mass is 1070 g/mol. The molecule has 1 aliphatic heterocycles. The van der Waals surface area contributed by atoms with E-state index >= 15 is 0 Å². The van der Waals surface area contributed by atoms with E-state index in [1.54, 1.807) is 6.20 Å². The van der Waals surface area contributed by atoms with Crippen molar-refractivity contribution in [3.63, 3.8) is 0 Å². The molecule has 0 radical (unpaired) electrons. The van der Waals surface area contributed by atoms with Gasteiger partial charge in [-0.1, -0.05) is 36.8 Å². The Bertz CT molecular complexity index is 2710. The largest absolute Gasteiger partial charge is 0.481 e. The van der Waals surface area contributed by atoms with Crippen molar-refractivity contribution in [1.29, 1.82) is 5.26 Å². The summed E-state index contributed by atoms with van der Waals surface area (Å²) in [5, 5.41) is 32.9. The summed E-state index contributed by atoms with van der Waals surface area (Å²) in [6.45, 7) is 1.30. The fraction of sp³-hybridized carbons (Fsp3) is 0.481. The van der Waals surface area contributed by atoms with Gasteiger partial charge < -0.3 is 65.3 Å². The summed E-state index contributed by atoms with van der Waals surface area (Å²) in [4.78, 5) is 148. The van der Waals surface area contributed by atoms with Crippen molar-refractivity contribution >= 4 is 81.6 Å². The Hall–Kier alpha value is -8.69. The first-order valence-corrected chi connectivity index (χ1v) is 25.4. The van der Waals surface area contributed by atoms with Crippen molar-refractivity contribution in [1.82, 2.24) is 31.6 Å². The first-order chi connectivity index (χ1) is 36.6. The Balaban J connectivity index is 1.80. The molecule has 6 amide bonds. The highest BCUT2D eigenvalue weighted by molar-refractivity contribution is 5.99. The van der Waals surface area contributed by atoms with Gasteiger partial charge >= 0.3 is 5.97 Å². The van der Waals surface area contributed by atoms with Crippen LogP contribution in [0.3, 0.4) is 0 Å². The second kappa shape index (κ2) is 30.6. The summed E-state index contributed by atoms with van der Waals surface area (Å²) in [6, 6.07) is 7.89. The molecule has 0 aliphatic carbocycles. The molecule has 3 aromatic rings. The minimum Gasteiger partial charge on any atom is -0.481 e. The number of fused-ring (bicyclic) bond motifs is 1. The number of para-hydroxylation sites is 1. The predicted molar refractivity (Wildman–Crippen MR) is 282 cm³/mol. The van der Waals surface area contributed by atoms with Gasteiger partial charge in [0.15, 0.2) is 17.7 Å². The van der Waals surface area contributed by atoms with E-state index in [1.807, 2.05) is 30.3 Å². The highest BCUT2D eigenvalue weighted by Gasteiger charge is 2.36. The minimum atomic E-state index is -1.89. The van der Waals surface area contributed by atoms with Gasteiger partial charge in [-0.2, -0.15) is 5.26 Å². The van der Waals surface area contributed by atoms with Crippen LogP contribution >= 0.6 is 0 Å². The van der Waals surface area contributed by atoms with Gasteiger partial charge in [0.25, 0.3) is 0 Å². The maximum atomic E-state index is 14.7. The lowest BCUT2D eigenvalue weighted by Crippen LogP contribution is -2.58. The number of carbonyl (C=O) groups is 10. The number of benzene rings is 2. The second-order valence-electron chi connectivity index (χ2n) is 19.0. The van der Waals surface area contributed by atoms with E-state index in [9.17, 15) is 58.3 Å². The molecule has 7 atom stereocenters. The molecule has 1 fully saturated rings. The summed E-state index contributed by atoms with van der Waals surface area (Å²) in [5.41, 5.74) is 30.0. The van der Waals surface area contributed by atoms with E-state index in [2.05, 4.69) is 41.6 Å². The van der Waals surface area contributed by atoms with E-state index in [-0.39, 0.29) is 113 Å². The van der Waals surface area contributed by atoms with Crippen LogP contribution in [-0.4, -0.2) is 124 Å². The van der Waals surface area contributed by atoms with Gasteiger partial charge in [-0.05, 0) is 87.1 Å². The molecule has 17 N–H and O–H groups in total. The summed E-state index contributed by atoms with van der Waals surface area (Å²) in [7, 11) is 0. The van der Waals surface area contributed by atoms with Gasteiger partial charge in [-0.25, -0.2) is 0 Å². The third kappa shape index (κ3) is 20.9. The molecule has 0 bridgehead atoms. The first-order valence-electron chi connectivity index (χ1n) is 25.4. The van der Waals surface area contributed by atoms with Gasteiger partial charge in [0.05, 0.1) is 24.1 Å². The lowest BCUT2D eigenvalue weighted by Gasteiger charge is -2.27. The Morgan fingerprint density at radius 2 is 1.43 bits per heavy atom. The lowest BCUT2D eigenvalue weighted by molar-refractivity contribution is -0.141. The van der Waals surface area contributed by atoms with Crippen molar-refractivity contribution in [2.75, 3.05) is 13.1 Å². The number of hydrogen-bond acceptors (Lipinski definition) is 13. The smallest absolute Gasteiger partial charge is 0.305 e. The van der Waals surface area contributed by atoms with E-state index < -0.39 is 114 Å². The van der Waals surface area contributed by atoms with Gasteiger partial charge in [0.1, 0.15) is 35.7 Å². The molecule has 2 aromatic carbocycles. The lowest BCUT2D eigenvalue weighted by atomic mass is 9.83. The molecule has 77 heavy (non-hydrogen) atoms. The fourth-order valence-electron chi connectivity index (χ4n) is 8.90. The molecule has 0 unspecified atom stereocenters. The van der Waals surface area contributed by atoms with Crippen molar-refractivity contribution < 1.29 is 53.1 Å². The number of ketones is 3. The van der Waals surface area contributed by atoms with Gasteiger partial charge in [-0.15, -0.1) is 0 Å². The maximum absolute atomic E-state index is 14.7. The summed E-state index contributed by atoms with van der Waals surface area (Å²) >= 11 is 0. The van der Waals surface area contributed by atoms with Gasteiger partial charge in [-0.3, -0.25) is 57.9 Å². The van der Waals surface area contributed by atoms with Crippen molar-refractivity contribution in [3.8, 4) is 6.07 Å². The number of H-pyrrole nitrogens is 1. The molecule has 1 aromatic heterocycles.